The molecule has 0 unspecified atom stereocenters. The lowest BCUT2D eigenvalue weighted by atomic mass is 9.67. The molecule has 10 rings (SSSR count). The maximum atomic E-state index is 4.94. The molecule has 0 bridgehead atoms. The Balaban J connectivity index is 0.000000773. The van der Waals surface area contributed by atoms with E-state index in [-0.39, 0.29) is 0 Å². The molecule has 3 aromatic heterocycles. The van der Waals surface area contributed by atoms with Gasteiger partial charge in [0.1, 0.15) is 0 Å². The van der Waals surface area contributed by atoms with E-state index in [1.165, 1.54) is 64.5 Å². The molecule has 1 aliphatic carbocycles. The highest BCUT2D eigenvalue weighted by Gasteiger charge is 2.46. The molecule has 2 nitrogen and oxygen atoms in total. The van der Waals surface area contributed by atoms with Gasteiger partial charge in [0.05, 0.1) is 22.0 Å². The Morgan fingerprint density at radius 3 is 1.96 bits per heavy atom. The van der Waals surface area contributed by atoms with Crippen molar-refractivity contribution in [1.82, 2.24) is 9.55 Å². The molecular weight excluding hydrogens is 613 g/mol. The van der Waals surface area contributed by atoms with Gasteiger partial charge < -0.3 is 4.57 Å². The van der Waals surface area contributed by atoms with Gasteiger partial charge in [-0.25, -0.2) is 0 Å². The van der Waals surface area contributed by atoms with Crippen LogP contribution in [-0.2, 0) is 5.41 Å². The van der Waals surface area contributed by atoms with E-state index in [1.54, 1.807) is 0 Å². The summed E-state index contributed by atoms with van der Waals surface area (Å²) in [6, 6.07) is 55.8. The Kier molecular flexibility index (Phi) is 7.03. The lowest BCUT2D eigenvalue weighted by Gasteiger charge is -2.34. The first-order chi connectivity index (χ1) is 24.2. The van der Waals surface area contributed by atoms with Crippen molar-refractivity contribution in [1.29, 1.82) is 0 Å². The fourth-order valence-electron chi connectivity index (χ4n) is 7.90. The number of hydrogen-bond acceptors (Lipinski definition) is 2. The SMILES string of the molecule is C/C=C\C.c1ccc(C2(c3ccccc3)c3ccccc3-c3ccc(-n4c5cc6sc7ccccc7c6cc5c5ncccc54)cc32)cc1. The fraction of sp³-hybridized carbons (Fsp3) is 0.0652. The smallest absolute Gasteiger partial charge is 0.0963 e. The largest absolute Gasteiger partial charge is 0.308 e. The van der Waals surface area contributed by atoms with E-state index in [9.17, 15) is 0 Å². The van der Waals surface area contributed by atoms with Crippen LogP contribution in [0, 0.1) is 0 Å². The number of allylic oxidation sites excluding steroid dienone is 2. The first-order valence-corrected chi connectivity index (χ1v) is 17.7. The van der Waals surface area contributed by atoms with Crippen LogP contribution in [0.3, 0.4) is 0 Å². The number of fused-ring (bicyclic) bond motifs is 9. The summed E-state index contributed by atoms with van der Waals surface area (Å²) in [5, 5.41) is 3.79. The highest BCUT2D eigenvalue weighted by Crippen LogP contribution is 2.56. The third-order valence-electron chi connectivity index (χ3n) is 10.1. The quantitative estimate of drug-likeness (QED) is 0.175. The monoisotopic (exact) mass is 646 g/mol. The molecular formula is C46H34N2S. The first kappa shape index (κ1) is 29.4. The number of aromatic nitrogens is 2. The topological polar surface area (TPSA) is 17.8 Å². The van der Waals surface area contributed by atoms with Gasteiger partial charge in [0.2, 0.25) is 0 Å². The van der Waals surface area contributed by atoms with Crippen LogP contribution < -0.4 is 0 Å². The third kappa shape index (κ3) is 4.36. The molecule has 0 atom stereocenters. The Morgan fingerprint density at radius 1 is 0.531 bits per heavy atom. The first-order valence-electron chi connectivity index (χ1n) is 16.9. The molecule has 0 aliphatic heterocycles. The second-order valence-electron chi connectivity index (χ2n) is 12.6. The van der Waals surface area contributed by atoms with Crippen LogP contribution in [0.5, 0.6) is 0 Å². The number of benzene rings is 6. The van der Waals surface area contributed by atoms with Gasteiger partial charge in [-0.2, -0.15) is 0 Å². The van der Waals surface area contributed by atoms with Crippen LogP contribution in [0.2, 0.25) is 0 Å². The number of thiophene rings is 1. The van der Waals surface area contributed by atoms with Crippen molar-refractivity contribution < 1.29 is 0 Å². The summed E-state index contributed by atoms with van der Waals surface area (Å²) in [5.41, 5.74) is 11.8. The number of nitrogens with zero attached hydrogens (tertiary/aromatic N) is 2. The zero-order chi connectivity index (χ0) is 33.0. The maximum absolute atomic E-state index is 4.94. The molecule has 3 heterocycles. The van der Waals surface area contributed by atoms with E-state index in [4.69, 9.17) is 4.98 Å². The summed E-state index contributed by atoms with van der Waals surface area (Å²) >= 11 is 1.86. The molecule has 0 saturated carbocycles. The van der Waals surface area contributed by atoms with Gasteiger partial charge >= 0.3 is 0 Å². The lowest BCUT2D eigenvalue weighted by molar-refractivity contribution is 0.767. The van der Waals surface area contributed by atoms with Crippen LogP contribution in [-0.4, -0.2) is 9.55 Å². The number of pyridine rings is 1. The van der Waals surface area contributed by atoms with Crippen molar-refractivity contribution in [2.24, 2.45) is 0 Å². The summed E-state index contributed by atoms with van der Waals surface area (Å²) in [6.45, 7) is 4.00. The van der Waals surface area contributed by atoms with Gasteiger partial charge in [-0.3, -0.25) is 4.98 Å². The van der Waals surface area contributed by atoms with Crippen molar-refractivity contribution in [3.05, 3.63) is 192 Å². The van der Waals surface area contributed by atoms with Crippen molar-refractivity contribution in [3.8, 4) is 16.8 Å². The maximum Gasteiger partial charge on any atom is 0.0963 e. The van der Waals surface area contributed by atoms with E-state index in [0.29, 0.717) is 0 Å². The third-order valence-corrected chi connectivity index (χ3v) is 11.2. The van der Waals surface area contributed by atoms with E-state index < -0.39 is 5.41 Å². The average molecular weight is 647 g/mol. The van der Waals surface area contributed by atoms with Gasteiger partial charge in [0.15, 0.2) is 0 Å². The van der Waals surface area contributed by atoms with Crippen LogP contribution in [0.15, 0.2) is 170 Å². The highest BCUT2D eigenvalue weighted by molar-refractivity contribution is 7.25. The Morgan fingerprint density at radius 2 is 1.20 bits per heavy atom. The van der Waals surface area contributed by atoms with Crippen LogP contribution in [0.25, 0.3) is 58.9 Å². The molecule has 6 aromatic carbocycles. The van der Waals surface area contributed by atoms with Crippen molar-refractivity contribution >= 4 is 53.4 Å². The molecule has 1 aliphatic rings. The summed E-state index contributed by atoms with van der Waals surface area (Å²) < 4.78 is 5.03. The standard InChI is InChI=1S/C42H26N2S.C4H8/c1-3-12-27(13-4-1)42(28-14-5-2-6-15-28)35-18-9-7-16-30(35)31-22-21-29(24-36(31)42)44-37-19-11-23-43-41(37)34-25-33-32-17-8-10-20-39(32)45-40(33)26-38(34)44;1-3-4-2/h1-26H;3-4H,1-2H3/b;4-3-. The molecule has 0 spiro atoms. The Labute approximate surface area is 290 Å². The van der Waals surface area contributed by atoms with Crippen molar-refractivity contribution in [2.75, 3.05) is 0 Å². The minimum Gasteiger partial charge on any atom is -0.308 e. The molecule has 0 saturated heterocycles. The van der Waals surface area contributed by atoms with E-state index in [2.05, 4.69) is 156 Å². The second kappa shape index (κ2) is 11.7. The van der Waals surface area contributed by atoms with Gasteiger partial charge in [0.25, 0.3) is 0 Å². The normalized spacial score (nSPS) is 13.2. The zero-order valence-electron chi connectivity index (χ0n) is 27.5. The minimum atomic E-state index is -0.444. The summed E-state index contributed by atoms with van der Waals surface area (Å²) in [5.74, 6) is 0. The molecule has 49 heavy (non-hydrogen) atoms. The van der Waals surface area contributed by atoms with Crippen LogP contribution in [0.4, 0.5) is 0 Å². The van der Waals surface area contributed by atoms with Crippen molar-refractivity contribution in [2.45, 2.75) is 19.3 Å². The van der Waals surface area contributed by atoms with Gasteiger partial charge in [-0.05, 0) is 89.7 Å². The average Bonchev–Trinajstić information content (AvgIpc) is 3.80. The van der Waals surface area contributed by atoms with E-state index in [1.807, 2.05) is 43.5 Å². The van der Waals surface area contributed by atoms with E-state index in [0.717, 1.165) is 16.7 Å². The molecule has 0 N–H and O–H groups in total. The highest BCUT2D eigenvalue weighted by atomic mass is 32.1. The van der Waals surface area contributed by atoms with E-state index >= 15 is 0 Å². The van der Waals surface area contributed by atoms with Gasteiger partial charge in [0, 0.05) is 37.4 Å². The Hall–Kier alpha value is -5.77. The zero-order valence-corrected chi connectivity index (χ0v) is 28.3. The second-order valence-corrected chi connectivity index (χ2v) is 13.7. The predicted molar refractivity (Wildman–Crippen MR) is 209 cm³/mol. The molecule has 0 amide bonds. The fourth-order valence-corrected chi connectivity index (χ4v) is 9.02. The summed E-state index contributed by atoms with van der Waals surface area (Å²) in [4.78, 5) is 4.94. The molecule has 3 heteroatoms. The molecule has 0 radical (unpaired) electrons. The molecule has 234 valence electrons. The number of hydrogen-bond donors (Lipinski definition) is 0. The summed E-state index contributed by atoms with van der Waals surface area (Å²) in [6.07, 6.45) is 5.91. The van der Waals surface area contributed by atoms with Crippen molar-refractivity contribution in [3.63, 3.8) is 0 Å². The Bertz CT molecular complexity index is 2640. The van der Waals surface area contributed by atoms with Crippen LogP contribution in [0.1, 0.15) is 36.1 Å². The van der Waals surface area contributed by atoms with Gasteiger partial charge in [-0.1, -0.05) is 121 Å². The minimum absolute atomic E-state index is 0.444. The predicted octanol–water partition coefficient (Wildman–Crippen LogP) is 12.5. The molecule has 0 fully saturated rings. The summed E-state index contributed by atoms with van der Waals surface area (Å²) in [7, 11) is 0. The van der Waals surface area contributed by atoms with Gasteiger partial charge in [-0.15, -0.1) is 11.3 Å². The molecule has 9 aromatic rings. The number of rotatable bonds is 3. The van der Waals surface area contributed by atoms with Crippen LogP contribution >= 0.6 is 11.3 Å². The lowest BCUT2D eigenvalue weighted by Crippen LogP contribution is -2.28.